The molecule has 6 nitrogen and oxygen atoms in total. The Morgan fingerprint density at radius 2 is 2.04 bits per heavy atom. The minimum Gasteiger partial charge on any atom is -0.366 e. The predicted molar refractivity (Wildman–Crippen MR) is 93.7 cm³/mol. The molecule has 0 saturated heterocycles. The first kappa shape index (κ1) is 14.6. The molecule has 4 rings (SSSR count). The number of anilines is 1. The van der Waals surface area contributed by atoms with Crippen molar-refractivity contribution in [3.05, 3.63) is 65.6 Å². The normalized spacial score (nSPS) is 10.9. The molecular formula is C17H13ClN6. The van der Waals surface area contributed by atoms with Crippen LogP contribution in [0.5, 0.6) is 0 Å². The number of pyridine rings is 1. The van der Waals surface area contributed by atoms with Gasteiger partial charge >= 0.3 is 0 Å². The molecule has 0 saturated carbocycles. The number of hydrogen-bond acceptors (Lipinski definition) is 5. The maximum Gasteiger partial charge on any atom is 0.197 e. The molecule has 3 heterocycles. The molecule has 0 atom stereocenters. The Balaban J connectivity index is 1.59. The number of nitrogens with zero attached hydrogens (tertiary/aromatic N) is 4. The Labute approximate surface area is 143 Å². The fraction of sp³-hybridized carbons (Fsp3) is 0.0588. The summed E-state index contributed by atoms with van der Waals surface area (Å²) in [5.74, 6) is 1.86. The van der Waals surface area contributed by atoms with Crippen LogP contribution in [0.4, 0.5) is 5.82 Å². The topological polar surface area (TPSA) is 79.4 Å². The second-order valence-corrected chi connectivity index (χ2v) is 5.66. The number of nitrogens with one attached hydrogen (secondary N) is 2. The van der Waals surface area contributed by atoms with Gasteiger partial charge in [0.2, 0.25) is 0 Å². The van der Waals surface area contributed by atoms with E-state index < -0.39 is 0 Å². The zero-order valence-corrected chi connectivity index (χ0v) is 13.3. The lowest BCUT2D eigenvalue weighted by atomic mass is 10.3. The van der Waals surface area contributed by atoms with Crippen LogP contribution >= 0.6 is 11.6 Å². The molecule has 7 heteroatoms. The molecule has 0 amide bonds. The first-order valence-electron chi connectivity index (χ1n) is 7.39. The summed E-state index contributed by atoms with van der Waals surface area (Å²) in [6, 6.07) is 11.2. The van der Waals surface area contributed by atoms with Gasteiger partial charge in [-0.3, -0.25) is 4.98 Å². The van der Waals surface area contributed by atoms with Gasteiger partial charge in [0.25, 0.3) is 0 Å². The first-order valence-corrected chi connectivity index (χ1v) is 7.77. The van der Waals surface area contributed by atoms with Gasteiger partial charge in [-0.1, -0.05) is 17.7 Å². The van der Waals surface area contributed by atoms with Crippen molar-refractivity contribution in [1.29, 1.82) is 0 Å². The lowest BCUT2D eigenvalue weighted by molar-refractivity contribution is 1.06. The number of aromatic amines is 1. The fourth-order valence-electron chi connectivity index (χ4n) is 2.35. The van der Waals surface area contributed by atoms with Crippen LogP contribution in [0, 0.1) is 0 Å². The van der Waals surface area contributed by atoms with E-state index in [0.29, 0.717) is 23.2 Å². The van der Waals surface area contributed by atoms with Gasteiger partial charge in [-0.05, 0) is 35.9 Å². The summed E-state index contributed by atoms with van der Waals surface area (Å²) in [5, 5.41) is 3.91. The molecule has 24 heavy (non-hydrogen) atoms. The van der Waals surface area contributed by atoms with Crippen LogP contribution < -0.4 is 5.32 Å². The summed E-state index contributed by atoms with van der Waals surface area (Å²) in [6.45, 7) is 0.639. The van der Waals surface area contributed by atoms with Crippen molar-refractivity contribution in [3.8, 4) is 11.6 Å². The van der Waals surface area contributed by atoms with Crippen molar-refractivity contribution in [2.45, 2.75) is 6.54 Å². The molecule has 4 aromatic rings. The number of benzene rings is 1. The largest absolute Gasteiger partial charge is 0.366 e. The standard InChI is InChI=1S/C17H13ClN6/c18-12-3-4-13-14(8-12)23-17(22-13)16-20-7-5-15(24-16)21-10-11-2-1-6-19-9-11/h1-9H,10H2,(H,22,23)(H,20,21,24). The minimum atomic E-state index is 0.526. The third-order valence-electron chi connectivity index (χ3n) is 3.51. The Morgan fingerprint density at radius 1 is 1.08 bits per heavy atom. The lowest BCUT2D eigenvalue weighted by Gasteiger charge is -2.05. The average Bonchev–Trinajstić information content (AvgIpc) is 3.04. The Morgan fingerprint density at radius 3 is 2.92 bits per heavy atom. The molecule has 0 unspecified atom stereocenters. The monoisotopic (exact) mass is 336 g/mol. The first-order chi connectivity index (χ1) is 11.8. The van der Waals surface area contributed by atoms with Gasteiger partial charge in [0.05, 0.1) is 11.0 Å². The molecule has 0 bridgehead atoms. The summed E-state index contributed by atoms with van der Waals surface area (Å²) >= 11 is 6.00. The molecule has 3 aromatic heterocycles. The third kappa shape index (κ3) is 3.04. The van der Waals surface area contributed by atoms with Crippen molar-refractivity contribution in [3.63, 3.8) is 0 Å². The van der Waals surface area contributed by atoms with Gasteiger partial charge in [-0.2, -0.15) is 0 Å². The van der Waals surface area contributed by atoms with Crippen LogP contribution in [-0.4, -0.2) is 24.9 Å². The minimum absolute atomic E-state index is 0.526. The average molecular weight is 337 g/mol. The van der Waals surface area contributed by atoms with Crippen LogP contribution in [0.2, 0.25) is 5.02 Å². The molecular weight excluding hydrogens is 324 g/mol. The van der Waals surface area contributed by atoms with E-state index in [2.05, 4.69) is 30.2 Å². The second kappa shape index (κ2) is 6.25. The van der Waals surface area contributed by atoms with E-state index >= 15 is 0 Å². The van der Waals surface area contributed by atoms with E-state index in [1.165, 1.54) is 0 Å². The lowest BCUT2D eigenvalue weighted by Crippen LogP contribution is -2.03. The van der Waals surface area contributed by atoms with Crippen LogP contribution in [0.25, 0.3) is 22.7 Å². The molecule has 0 radical (unpaired) electrons. The van der Waals surface area contributed by atoms with Crippen molar-refractivity contribution in [2.75, 3.05) is 5.32 Å². The van der Waals surface area contributed by atoms with E-state index in [1.54, 1.807) is 18.5 Å². The van der Waals surface area contributed by atoms with Gasteiger partial charge in [-0.15, -0.1) is 0 Å². The number of aromatic nitrogens is 5. The number of rotatable bonds is 4. The van der Waals surface area contributed by atoms with Gasteiger partial charge in [0.15, 0.2) is 11.6 Å². The third-order valence-corrected chi connectivity index (χ3v) is 3.74. The number of fused-ring (bicyclic) bond motifs is 1. The van der Waals surface area contributed by atoms with E-state index in [9.17, 15) is 0 Å². The SMILES string of the molecule is Clc1ccc2[nH]c(-c3nccc(NCc4cccnc4)n3)nc2c1. The van der Waals surface area contributed by atoms with Crippen LogP contribution in [0.3, 0.4) is 0 Å². The zero-order valence-electron chi connectivity index (χ0n) is 12.6. The highest BCUT2D eigenvalue weighted by atomic mass is 35.5. The number of hydrogen-bond donors (Lipinski definition) is 2. The van der Waals surface area contributed by atoms with E-state index in [-0.39, 0.29) is 0 Å². The molecule has 0 aliphatic carbocycles. The Hall–Kier alpha value is -2.99. The molecule has 0 fully saturated rings. The number of H-pyrrole nitrogens is 1. The summed E-state index contributed by atoms with van der Waals surface area (Å²) in [6.07, 6.45) is 5.27. The molecule has 0 spiro atoms. The summed E-state index contributed by atoms with van der Waals surface area (Å²) in [7, 11) is 0. The zero-order chi connectivity index (χ0) is 16.4. The van der Waals surface area contributed by atoms with Crippen molar-refractivity contribution >= 4 is 28.5 Å². The predicted octanol–water partition coefficient (Wildman–Crippen LogP) is 3.68. The molecule has 0 aliphatic rings. The van der Waals surface area contributed by atoms with Crippen molar-refractivity contribution < 1.29 is 0 Å². The molecule has 0 aliphatic heterocycles. The van der Waals surface area contributed by atoms with Crippen molar-refractivity contribution in [2.24, 2.45) is 0 Å². The highest BCUT2D eigenvalue weighted by Crippen LogP contribution is 2.21. The second-order valence-electron chi connectivity index (χ2n) is 5.23. The highest BCUT2D eigenvalue weighted by Gasteiger charge is 2.09. The number of halogens is 1. The quantitative estimate of drug-likeness (QED) is 0.594. The Bertz CT molecular complexity index is 983. The van der Waals surface area contributed by atoms with E-state index in [0.717, 1.165) is 22.4 Å². The Kier molecular flexibility index (Phi) is 3.80. The van der Waals surface area contributed by atoms with Gasteiger partial charge in [-0.25, -0.2) is 15.0 Å². The van der Waals surface area contributed by atoms with Crippen LogP contribution in [0.1, 0.15) is 5.56 Å². The van der Waals surface area contributed by atoms with Gasteiger partial charge in [0.1, 0.15) is 5.82 Å². The van der Waals surface area contributed by atoms with Crippen molar-refractivity contribution in [1.82, 2.24) is 24.9 Å². The molecule has 118 valence electrons. The highest BCUT2D eigenvalue weighted by molar-refractivity contribution is 6.31. The molecule has 2 N–H and O–H groups in total. The van der Waals surface area contributed by atoms with E-state index in [4.69, 9.17) is 11.6 Å². The smallest absolute Gasteiger partial charge is 0.197 e. The maximum absolute atomic E-state index is 6.00. The van der Waals surface area contributed by atoms with Gasteiger partial charge < -0.3 is 10.3 Å². The summed E-state index contributed by atoms with van der Waals surface area (Å²) in [4.78, 5) is 20.6. The van der Waals surface area contributed by atoms with E-state index in [1.807, 2.05) is 36.5 Å². The molecule has 1 aromatic carbocycles. The maximum atomic E-state index is 6.00. The van der Waals surface area contributed by atoms with Crippen LogP contribution in [-0.2, 0) is 6.54 Å². The fourth-order valence-corrected chi connectivity index (χ4v) is 2.52. The van der Waals surface area contributed by atoms with Gasteiger partial charge in [0, 0.05) is 30.2 Å². The van der Waals surface area contributed by atoms with Crippen LogP contribution in [0.15, 0.2) is 55.0 Å². The summed E-state index contributed by atoms with van der Waals surface area (Å²) < 4.78 is 0. The number of imidazole rings is 1. The summed E-state index contributed by atoms with van der Waals surface area (Å²) in [5.41, 5.74) is 2.76.